The summed E-state index contributed by atoms with van der Waals surface area (Å²) in [4.78, 5) is 6.89. The van der Waals surface area contributed by atoms with Crippen LogP contribution in [0.3, 0.4) is 0 Å². The van der Waals surface area contributed by atoms with Gasteiger partial charge in [0.05, 0.1) is 6.54 Å². The molecule has 0 unspecified atom stereocenters. The van der Waals surface area contributed by atoms with E-state index >= 15 is 0 Å². The number of thiophene rings is 1. The Bertz CT molecular complexity index is 776. The molecule has 0 saturated heterocycles. The van der Waals surface area contributed by atoms with Crippen molar-refractivity contribution in [1.82, 2.24) is 10.6 Å². The predicted molar refractivity (Wildman–Crippen MR) is 113 cm³/mol. The van der Waals surface area contributed by atoms with Gasteiger partial charge in [0, 0.05) is 35.2 Å². The Morgan fingerprint density at radius 2 is 2.00 bits per heavy atom. The summed E-state index contributed by atoms with van der Waals surface area (Å²) >= 11 is 1.80. The summed E-state index contributed by atoms with van der Waals surface area (Å²) in [5, 5.41) is 7.80. The second-order valence-electron chi connectivity index (χ2n) is 5.37. The Morgan fingerprint density at radius 3 is 2.71 bits per heavy atom. The van der Waals surface area contributed by atoms with E-state index in [4.69, 9.17) is 4.42 Å². The van der Waals surface area contributed by atoms with Crippen LogP contribution >= 0.6 is 35.3 Å². The minimum atomic E-state index is 0. The molecule has 2 heterocycles. The largest absolute Gasteiger partial charge is 0.461 e. The van der Waals surface area contributed by atoms with Gasteiger partial charge in [-0.1, -0.05) is 18.2 Å². The lowest BCUT2D eigenvalue weighted by Gasteiger charge is -2.10. The van der Waals surface area contributed by atoms with E-state index in [1.54, 1.807) is 18.4 Å². The van der Waals surface area contributed by atoms with Gasteiger partial charge in [-0.3, -0.25) is 4.99 Å². The second kappa shape index (κ2) is 9.08. The number of halogens is 1. The van der Waals surface area contributed by atoms with Crippen LogP contribution in [-0.2, 0) is 13.0 Å². The molecule has 128 valence electrons. The first kappa shape index (κ1) is 18.8. The van der Waals surface area contributed by atoms with E-state index in [0.717, 1.165) is 42.2 Å². The maximum absolute atomic E-state index is 5.82. The van der Waals surface area contributed by atoms with Gasteiger partial charge in [-0.15, -0.1) is 35.3 Å². The molecule has 0 amide bonds. The van der Waals surface area contributed by atoms with Crippen molar-refractivity contribution in [2.24, 2.45) is 4.99 Å². The van der Waals surface area contributed by atoms with Gasteiger partial charge < -0.3 is 15.1 Å². The van der Waals surface area contributed by atoms with Crippen molar-refractivity contribution in [3.05, 3.63) is 58.0 Å². The molecule has 3 rings (SSSR count). The fourth-order valence-corrected chi connectivity index (χ4v) is 3.27. The molecule has 0 bridgehead atoms. The number of guanidine groups is 1. The molecule has 0 radical (unpaired) electrons. The van der Waals surface area contributed by atoms with Crippen LogP contribution in [0.4, 0.5) is 0 Å². The number of benzene rings is 1. The fraction of sp³-hybridized carbons (Fsp3) is 0.278. The van der Waals surface area contributed by atoms with Crippen molar-refractivity contribution in [2.75, 3.05) is 13.6 Å². The normalized spacial score (nSPS) is 11.3. The molecular weight excluding hydrogens is 433 g/mol. The van der Waals surface area contributed by atoms with Crippen LogP contribution in [0, 0.1) is 6.92 Å². The third-order valence-electron chi connectivity index (χ3n) is 3.59. The minimum Gasteiger partial charge on any atom is -0.461 e. The Morgan fingerprint density at radius 1 is 1.17 bits per heavy atom. The average Bonchev–Trinajstić information content (AvgIpc) is 3.16. The maximum Gasteiger partial charge on any atom is 0.191 e. The molecule has 0 aliphatic rings. The van der Waals surface area contributed by atoms with E-state index in [-0.39, 0.29) is 24.0 Å². The third kappa shape index (κ3) is 4.98. The van der Waals surface area contributed by atoms with Gasteiger partial charge >= 0.3 is 0 Å². The van der Waals surface area contributed by atoms with Crippen molar-refractivity contribution in [3.63, 3.8) is 0 Å². The zero-order chi connectivity index (χ0) is 16.1. The van der Waals surface area contributed by atoms with E-state index in [1.807, 2.05) is 18.2 Å². The predicted octanol–water partition coefficient (Wildman–Crippen LogP) is 4.33. The number of hydrogen-bond donors (Lipinski definition) is 2. The molecule has 0 fully saturated rings. The smallest absolute Gasteiger partial charge is 0.191 e. The van der Waals surface area contributed by atoms with Crippen LogP contribution in [0.25, 0.3) is 11.0 Å². The molecule has 0 aliphatic carbocycles. The molecule has 0 atom stereocenters. The third-order valence-corrected chi connectivity index (χ3v) is 4.59. The van der Waals surface area contributed by atoms with Crippen molar-refractivity contribution >= 4 is 52.2 Å². The van der Waals surface area contributed by atoms with Gasteiger partial charge in [0.15, 0.2) is 5.96 Å². The summed E-state index contributed by atoms with van der Waals surface area (Å²) in [7, 11) is 1.79. The minimum absolute atomic E-state index is 0. The summed E-state index contributed by atoms with van der Waals surface area (Å²) in [5.74, 6) is 1.80. The summed E-state index contributed by atoms with van der Waals surface area (Å²) in [5.41, 5.74) is 0.943. The van der Waals surface area contributed by atoms with Gasteiger partial charge in [-0.2, -0.15) is 0 Å². The molecule has 24 heavy (non-hydrogen) atoms. The highest BCUT2D eigenvalue weighted by Gasteiger charge is 2.04. The summed E-state index contributed by atoms with van der Waals surface area (Å²) < 4.78 is 5.82. The number of fused-ring (bicyclic) bond motifs is 1. The zero-order valence-electron chi connectivity index (χ0n) is 13.8. The van der Waals surface area contributed by atoms with Gasteiger partial charge in [-0.25, -0.2) is 0 Å². The Hall–Kier alpha value is -1.54. The number of rotatable bonds is 5. The van der Waals surface area contributed by atoms with Crippen LogP contribution in [-0.4, -0.2) is 19.6 Å². The molecule has 3 aromatic rings. The van der Waals surface area contributed by atoms with Crippen molar-refractivity contribution in [3.8, 4) is 0 Å². The second-order valence-corrected chi connectivity index (χ2v) is 6.74. The molecule has 6 heteroatoms. The van der Waals surface area contributed by atoms with Crippen LogP contribution in [0.15, 0.2) is 51.9 Å². The van der Waals surface area contributed by atoms with Gasteiger partial charge in [0.2, 0.25) is 0 Å². The van der Waals surface area contributed by atoms with Crippen LogP contribution in [0.2, 0.25) is 0 Å². The highest BCUT2D eigenvalue weighted by Crippen LogP contribution is 2.18. The highest BCUT2D eigenvalue weighted by atomic mass is 127. The van der Waals surface area contributed by atoms with Crippen LogP contribution in [0.1, 0.15) is 15.5 Å². The fourth-order valence-electron chi connectivity index (χ4n) is 2.44. The number of aliphatic imine (C=N–C) groups is 1. The molecule has 0 saturated carbocycles. The molecular formula is C18H22IN3OS. The number of furan rings is 1. The van der Waals surface area contributed by atoms with Crippen LogP contribution in [0.5, 0.6) is 0 Å². The van der Waals surface area contributed by atoms with Gasteiger partial charge in [0.1, 0.15) is 11.3 Å². The molecule has 2 N–H and O–H groups in total. The molecule has 1 aromatic carbocycles. The number of hydrogen-bond acceptors (Lipinski definition) is 3. The molecule has 0 spiro atoms. The number of para-hydroxylation sites is 1. The monoisotopic (exact) mass is 455 g/mol. The number of nitrogens with zero attached hydrogens (tertiary/aromatic N) is 1. The lowest BCUT2D eigenvalue weighted by Crippen LogP contribution is -2.37. The lowest BCUT2D eigenvalue weighted by atomic mass is 10.2. The summed E-state index contributed by atoms with van der Waals surface area (Å²) in [6.07, 6.45) is 0.827. The van der Waals surface area contributed by atoms with E-state index in [0.29, 0.717) is 0 Å². The highest BCUT2D eigenvalue weighted by molar-refractivity contribution is 14.0. The quantitative estimate of drug-likeness (QED) is 0.342. The first-order chi connectivity index (χ1) is 11.2. The summed E-state index contributed by atoms with van der Waals surface area (Å²) in [6.45, 7) is 3.69. The SMILES string of the molecule is CN=C(NCCc1cc2ccccc2o1)NCc1ccc(C)s1.I. The molecule has 2 aromatic heterocycles. The molecule has 4 nitrogen and oxygen atoms in total. The topological polar surface area (TPSA) is 49.6 Å². The van der Waals surface area contributed by atoms with E-state index in [2.05, 4.69) is 46.8 Å². The Balaban J connectivity index is 0.00000208. The molecule has 0 aliphatic heterocycles. The van der Waals surface area contributed by atoms with Crippen LogP contribution < -0.4 is 10.6 Å². The van der Waals surface area contributed by atoms with Gasteiger partial charge in [0.25, 0.3) is 0 Å². The standard InChI is InChI=1S/C18H21N3OS.HI/c1-13-7-8-16(23-13)12-21-18(19-2)20-10-9-15-11-14-5-3-4-6-17(14)22-15;/h3-8,11H,9-10,12H2,1-2H3,(H2,19,20,21);1H. The van der Waals surface area contributed by atoms with Gasteiger partial charge in [-0.05, 0) is 31.2 Å². The first-order valence-electron chi connectivity index (χ1n) is 7.72. The van der Waals surface area contributed by atoms with E-state index < -0.39 is 0 Å². The van der Waals surface area contributed by atoms with E-state index in [1.165, 1.54) is 9.75 Å². The first-order valence-corrected chi connectivity index (χ1v) is 8.53. The van der Waals surface area contributed by atoms with E-state index in [9.17, 15) is 0 Å². The average molecular weight is 455 g/mol. The maximum atomic E-state index is 5.82. The van der Waals surface area contributed by atoms with Crippen molar-refractivity contribution in [2.45, 2.75) is 19.9 Å². The van der Waals surface area contributed by atoms with Crippen molar-refractivity contribution < 1.29 is 4.42 Å². The Labute approximate surface area is 163 Å². The Kier molecular flexibility index (Phi) is 7.11. The van der Waals surface area contributed by atoms with Crippen molar-refractivity contribution in [1.29, 1.82) is 0 Å². The summed E-state index contributed by atoms with van der Waals surface area (Å²) in [6, 6.07) is 14.5. The lowest BCUT2D eigenvalue weighted by molar-refractivity contribution is 0.544. The number of nitrogens with one attached hydrogen (secondary N) is 2. The zero-order valence-corrected chi connectivity index (χ0v) is 17.0. The number of aryl methyl sites for hydroxylation is 1.